The zero-order valence-electron chi connectivity index (χ0n) is 17.0. The van der Waals surface area contributed by atoms with E-state index in [1.807, 2.05) is 18.2 Å². The number of rotatable bonds is 5. The molecule has 30 heavy (non-hydrogen) atoms. The standard InChI is InChI=1S/C25H23FN2O2/c1-29-23-14-13-20(16-24(23)30-2)27-25-21-8-6-4-3-5-7-18(21)15-22(28-25)17-9-11-19(26)12-10-17/h3-4,7-16H,5-6H2,1-2H3,(H,27,28)/b4-3-,18-7?,21-8+. The predicted octanol–water partition coefficient (Wildman–Crippen LogP) is 4.56. The maximum Gasteiger partial charge on any atom is 0.162 e. The van der Waals surface area contributed by atoms with Crippen LogP contribution in [0.4, 0.5) is 15.9 Å². The molecule has 4 rings (SSSR count). The highest BCUT2D eigenvalue weighted by atomic mass is 19.1. The highest BCUT2D eigenvalue weighted by molar-refractivity contribution is 5.68. The number of allylic oxidation sites excluding steroid dienone is 2. The molecule has 2 aromatic carbocycles. The first kappa shape index (κ1) is 19.7. The lowest BCUT2D eigenvalue weighted by atomic mass is 10.1. The molecule has 0 spiro atoms. The van der Waals surface area contributed by atoms with Crippen LogP contribution in [0.25, 0.3) is 23.4 Å². The minimum atomic E-state index is -0.265. The number of ether oxygens (including phenoxy) is 2. The molecule has 0 unspecified atom stereocenters. The third kappa shape index (κ3) is 4.20. The van der Waals surface area contributed by atoms with Gasteiger partial charge >= 0.3 is 0 Å². The zero-order chi connectivity index (χ0) is 20.9. The summed E-state index contributed by atoms with van der Waals surface area (Å²) >= 11 is 0. The van der Waals surface area contributed by atoms with Gasteiger partial charge in [0.2, 0.25) is 0 Å². The van der Waals surface area contributed by atoms with Crippen LogP contribution in [0.5, 0.6) is 11.5 Å². The van der Waals surface area contributed by atoms with Crippen molar-refractivity contribution in [2.75, 3.05) is 19.5 Å². The summed E-state index contributed by atoms with van der Waals surface area (Å²) in [7, 11) is 3.22. The first-order valence-electron chi connectivity index (χ1n) is 9.79. The van der Waals surface area contributed by atoms with E-state index in [1.54, 1.807) is 26.4 Å². The first-order chi connectivity index (χ1) is 14.7. The summed E-state index contributed by atoms with van der Waals surface area (Å²) in [4.78, 5) is 4.87. The number of halogens is 1. The molecule has 0 aliphatic heterocycles. The molecule has 3 aromatic rings. The Morgan fingerprint density at radius 1 is 0.867 bits per heavy atom. The lowest BCUT2D eigenvalue weighted by molar-refractivity contribution is 0.355. The van der Waals surface area contributed by atoms with Gasteiger partial charge in [0.15, 0.2) is 11.5 Å². The largest absolute Gasteiger partial charge is 0.493 e. The summed E-state index contributed by atoms with van der Waals surface area (Å²) in [5.41, 5.74) is 2.48. The van der Waals surface area contributed by atoms with E-state index < -0.39 is 0 Å². The molecule has 4 nitrogen and oxygen atoms in total. The highest BCUT2D eigenvalue weighted by Crippen LogP contribution is 2.30. The van der Waals surface area contributed by atoms with E-state index in [0.717, 1.165) is 46.0 Å². The number of hydrogen-bond acceptors (Lipinski definition) is 4. The van der Waals surface area contributed by atoms with Crippen LogP contribution in [-0.4, -0.2) is 19.2 Å². The Hall–Kier alpha value is -3.60. The van der Waals surface area contributed by atoms with Crippen LogP contribution in [-0.2, 0) is 0 Å². The molecule has 0 amide bonds. The van der Waals surface area contributed by atoms with E-state index in [9.17, 15) is 4.39 Å². The molecule has 0 fully saturated rings. The molecule has 0 radical (unpaired) electrons. The number of benzene rings is 2. The molecule has 0 saturated heterocycles. The topological polar surface area (TPSA) is 43.4 Å². The van der Waals surface area contributed by atoms with E-state index in [4.69, 9.17) is 14.5 Å². The lowest BCUT2D eigenvalue weighted by Gasteiger charge is -2.13. The van der Waals surface area contributed by atoms with Crippen molar-refractivity contribution in [3.8, 4) is 22.8 Å². The molecule has 1 aliphatic rings. The summed E-state index contributed by atoms with van der Waals surface area (Å²) in [6.07, 6.45) is 10.3. The number of aromatic nitrogens is 1. The Balaban J connectivity index is 1.85. The molecular formula is C25H23FN2O2. The third-order valence-corrected chi connectivity index (χ3v) is 4.98. The first-order valence-corrected chi connectivity index (χ1v) is 9.79. The van der Waals surface area contributed by atoms with Gasteiger partial charge in [-0.25, -0.2) is 9.37 Å². The van der Waals surface area contributed by atoms with Crippen molar-refractivity contribution in [1.29, 1.82) is 0 Å². The van der Waals surface area contributed by atoms with Crippen LogP contribution in [0.3, 0.4) is 0 Å². The fraction of sp³-hybridized carbons (Fsp3) is 0.160. The number of anilines is 2. The second-order valence-corrected chi connectivity index (χ2v) is 6.91. The average molecular weight is 402 g/mol. The van der Waals surface area contributed by atoms with Crippen LogP contribution >= 0.6 is 0 Å². The van der Waals surface area contributed by atoms with Crippen LogP contribution in [0.2, 0.25) is 0 Å². The Labute approximate surface area is 175 Å². The summed E-state index contributed by atoms with van der Waals surface area (Å²) < 4.78 is 24.2. The SMILES string of the molecule is COc1ccc(Nc2nc(-c3ccc(F)cc3)cc3/c2=C\C/C=C\CC=3)cc1OC. The normalized spacial score (nSPS) is 14.8. The van der Waals surface area contributed by atoms with Gasteiger partial charge in [0.1, 0.15) is 11.6 Å². The van der Waals surface area contributed by atoms with Gasteiger partial charge in [-0.2, -0.15) is 0 Å². The molecule has 5 heteroatoms. The molecule has 0 saturated carbocycles. The van der Waals surface area contributed by atoms with Crippen LogP contribution < -0.4 is 25.2 Å². The van der Waals surface area contributed by atoms with Gasteiger partial charge in [-0.3, -0.25) is 0 Å². The Bertz CT molecular complexity index is 1200. The van der Waals surface area contributed by atoms with Crippen molar-refractivity contribution in [2.45, 2.75) is 12.8 Å². The number of hydrogen-bond donors (Lipinski definition) is 1. The fourth-order valence-corrected chi connectivity index (χ4v) is 3.45. The summed E-state index contributed by atoms with van der Waals surface area (Å²) in [5.74, 6) is 1.78. The van der Waals surface area contributed by atoms with Crippen molar-refractivity contribution >= 4 is 23.7 Å². The van der Waals surface area contributed by atoms with Crippen LogP contribution in [0.15, 0.2) is 60.7 Å². The van der Waals surface area contributed by atoms with Gasteiger partial charge < -0.3 is 14.8 Å². The minimum absolute atomic E-state index is 0.265. The number of methoxy groups -OCH3 is 2. The Morgan fingerprint density at radius 3 is 2.33 bits per heavy atom. The van der Waals surface area contributed by atoms with E-state index in [-0.39, 0.29) is 5.82 Å². The summed E-state index contributed by atoms with van der Waals surface area (Å²) in [6, 6.07) is 14.1. The average Bonchev–Trinajstić information content (AvgIpc) is 2.75. The lowest BCUT2D eigenvalue weighted by Crippen LogP contribution is -2.29. The smallest absolute Gasteiger partial charge is 0.162 e. The zero-order valence-corrected chi connectivity index (χ0v) is 17.0. The number of fused-ring (bicyclic) bond motifs is 1. The number of nitrogens with one attached hydrogen (secondary N) is 1. The van der Waals surface area contributed by atoms with E-state index in [1.165, 1.54) is 12.1 Å². The molecular weight excluding hydrogens is 379 g/mol. The maximum absolute atomic E-state index is 13.4. The maximum atomic E-state index is 13.4. The van der Waals surface area contributed by atoms with Gasteiger partial charge in [0, 0.05) is 22.5 Å². The van der Waals surface area contributed by atoms with Crippen molar-refractivity contribution in [3.63, 3.8) is 0 Å². The second kappa shape index (κ2) is 8.82. The van der Waals surface area contributed by atoms with Gasteiger partial charge in [-0.15, -0.1) is 0 Å². The van der Waals surface area contributed by atoms with E-state index >= 15 is 0 Å². The molecule has 1 N–H and O–H groups in total. The summed E-state index contributed by atoms with van der Waals surface area (Å²) in [5, 5.41) is 5.57. The van der Waals surface area contributed by atoms with Gasteiger partial charge in [0.05, 0.1) is 19.9 Å². The van der Waals surface area contributed by atoms with Crippen molar-refractivity contribution in [3.05, 3.63) is 76.9 Å². The molecule has 152 valence electrons. The summed E-state index contributed by atoms with van der Waals surface area (Å²) in [6.45, 7) is 0. The minimum Gasteiger partial charge on any atom is -0.493 e. The van der Waals surface area contributed by atoms with E-state index in [0.29, 0.717) is 11.5 Å². The fourth-order valence-electron chi connectivity index (χ4n) is 3.45. The molecule has 1 heterocycles. The van der Waals surface area contributed by atoms with Crippen molar-refractivity contribution in [2.24, 2.45) is 0 Å². The van der Waals surface area contributed by atoms with Gasteiger partial charge in [0.25, 0.3) is 0 Å². The second-order valence-electron chi connectivity index (χ2n) is 6.91. The predicted molar refractivity (Wildman–Crippen MR) is 119 cm³/mol. The number of nitrogens with zero attached hydrogens (tertiary/aromatic N) is 1. The van der Waals surface area contributed by atoms with Gasteiger partial charge in [-0.1, -0.05) is 24.3 Å². The number of pyridine rings is 1. The quantitative estimate of drug-likeness (QED) is 0.636. The third-order valence-electron chi connectivity index (χ3n) is 4.98. The van der Waals surface area contributed by atoms with E-state index in [2.05, 4.69) is 35.7 Å². The van der Waals surface area contributed by atoms with Crippen LogP contribution in [0, 0.1) is 5.82 Å². The Kier molecular flexibility index (Phi) is 5.80. The van der Waals surface area contributed by atoms with Crippen LogP contribution in [0.1, 0.15) is 12.8 Å². The van der Waals surface area contributed by atoms with Gasteiger partial charge in [-0.05, 0) is 60.5 Å². The monoisotopic (exact) mass is 402 g/mol. The molecule has 1 aromatic heterocycles. The molecule has 1 aliphatic carbocycles. The molecule has 0 bridgehead atoms. The molecule has 0 atom stereocenters. The Morgan fingerprint density at radius 2 is 1.60 bits per heavy atom. The van der Waals surface area contributed by atoms with Crippen molar-refractivity contribution in [1.82, 2.24) is 4.98 Å². The van der Waals surface area contributed by atoms with Crippen molar-refractivity contribution < 1.29 is 13.9 Å². The highest BCUT2D eigenvalue weighted by Gasteiger charge is 2.09.